The van der Waals surface area contributed by atoms with Crippen molar-refractivity contribution < 1.29 is 13.2 Å². The highest BCUT2D eigenvalue weighted by Crippen LogP contribution is 2.55. The van der Waals surface area contributed by atoms with Crippen LogP contribution in [0.2, 0.25) is 0 Å². The quantitative estimate of drug-likeness (QED) is 0.489. The highest BCUT2D eigenvalue weighted by atomic mass is 19.3. The van der Waals surface area contributed by atoms with Crippen molar-refractivity contribution in [2.24, 2.45) is 13.0 Å². The fourth-order valence-corrected chi connectivity index (χ4v) is 3.90. The maximum atomic E-state index is 13.6. The van der Waals surface area contributed by atoms with E-state index in [4.69, 9.17) is 4.98 Å². The fourth-order valence-electron chi connectivity index (χ4n) is 3.90. The van der Waals surface area contributed by atoms with Gasteiger partial charge in [0.15, 0.2) is 0 Å². The number of rotatable bonds is 6. The number of fused-ring (bicyclic) bond motifs is 1. The smallest absolute Gasteiger partial charge is 0.253 e. The molecule has 0 saturated heterocycles. The largest absolute Gasteiger partial charge is 0.350 e. The Morgan fingerprint density at radius 3 is 2.76 bits per heavy atom. The molecular weight excluding hydrogens is 381 g/mol. The Balaban J connectivity index is 1.57. The second kappa shape index (κ2) is 6.47. The second-order valence-corrected chi connectivity index (χ2v) is 7.49. The van der Waals surface area contributed by atoms with Gasteiger partial charge in [-0.3, -0.25) is 13.5 Å². The maximum Gasteiger partial charge on any atom is 0.253 e. The molecule has 1 aliphatic carbocycles. The lowest BCUT2D eigenvalue weighted by Crippen LogP contribution is -2.14. The van der Waals surface area contributed by atoms with E-state index in [1.165, 1.54) is 0 Å². The van der Waals surface area contributed by atoms with Crippen molar-refractivity contribution in [3.63, 3.8) is 0 Å². The van der Waals surface area contributed by atoms with Gasteiger partial charge < -0.3 is 4.57 Å². The summed E-state index contributed by atoms with van der Waals surface area (Å²) in [4.78, 5) is 9.14. The van der Waals surface area contributed by atoms with E-state index in [1.807, 2.05) is 29.8 Å². The molecule has 5 rings (SSSR count). The average Bonchev–Trinajstić information content (AvgIpc) is 3.21. The molecule has 0 spiro atoms. The normalized spacial score (nSPS) is 19.0. The number of hydrogen-bond acceptors (Lipinski definition) is 3. The van der Waals surface area contributed by atoms with Crippen LogP contribution in [0.1, 0.15) is 18.9 Å². The average molecular weight is 400 g/mol. The van der Waals surface area contributed by atoms with E-state index in [0.717, 1.165) is 16.8 Å². The summed E-state index contributed by atoms with van der Waals surface area (Å²) < 4.78 is 45.5. The van der Waals surface area contributed by atoms with E-state index in [0.29, 0.717) is 11.5 Å². The summed E-state index contributed by atoms with van der Waals surface area (Å²) in [6, 6.07) is 3.12. The van der Waals surface area contributed by atoms with Crippen LogP contribution in [0, 0.1) is 5.92 Å². The molecular formula is C20H19F3N6. The molecule has 6 nitrogen and oxygen atoms in total. The molecule has 9 heteroatoms. The molecule has 0 radical (unpaired) electrons. The van der Waals surface area contributed by atoms with Crippen LogP contribution in [0.4, 0.5) is 13.2 Å². The molecule has 4 aromatic heterocycles. The topological polar surface area (TPSA) is 52.9 Å². The molecule has 1 saturated carbocycles. The maximum absolute atomic E-state index is 13.6. The van der Waals surface area contributed by atoms with Gasteiger partial charge in [-0.25, -0.2) is 18.7 Å². The van der Waals surface area contributed by atoms with Gasteiger partial charge in [0.2, 0.25) is 0 Å². The van der Waals surface area contributed by atoms with Crippen LogP contribution in [0.5, 0.6) is 0 Å². The van der Waals surface area contributed by atoms with Crippen LogP contribution in [-0.2, 0) is 7.05 Å². The molecule has 150 valence electrons. The van der Waals surface area contributed by atoms with E-state index < -0.39 is 24.6 Å². The van der Waals surface area contributed by atoms with E-state index >= 15 is 0 Å². The summed E-state index contributed by atoms with van der Waals surface area (Å²) in [5, 5.41) is 4.19. The van der Waals surface area contributed by atoms with Gasteiger partial charge in [0.25, 0.3) is 5.92 Å². The van der Waals surface area contributed by atoms with E-state index in [2.05, 4.69) is 10.1 Å². The minimum Gasteiger partial charge on any atom is -0.350 e. The van der Waals surface area contributed by atoms with Crippen LogP contribution in [-0.4, -0.2) is 41.3 Å². The van der Waals surface area contributed by atoms with Gasteiger partial charge in [0.1, 0.15) is 11.5 Å². The highest BCUT2D eigenvalue weighted by Gasteiger charge is 2.60. The predicted molar refractivity (Wildman–Crippen MR) is 101 cm³/mol. The Morgan fingerprint density at radius 1 is 1.24 bits per heavy atom. The lowest BCUT2D eigenvalue weighted by atomic mass is 10.1. The van der Waals surface area contributed by atoms with Gasteiger partial charge in [-0.15, -0.1) is 0 Å². The molecule has 1 unspecified atom stereocenters. The summed E-state index contributed by atoms with van der Waals surface area (Å²) in [5.74, 6) is -2.89. The molecule has 0 N–H and O–H groups in total. The van der Waals surface area contributed by atoms with Crippen LogP contribution in [0.3, 0.4) is 0 Å². The van der Waals surface area contributed by atoms with E-state index in [1.54, 1.807) is 40.2 Å². The number of alkyl halides is 3. The number of aryl methyl sites for hydroxylation is 1. The van der Waals surface area contributed by atoms with E-state index in [-0.39, 0.29) is 12.8 Å². The highest BCUT2D eigenvalue weighted by molar-refractivity contribution is 5.68. The van der Waals surface area contributed by atoms with Crippen LogP contribution < -0.4 is 0 Å². The molecule has 4 aromatic rings. The third-order valence-corrected chi connectivity index (χ3v) is 5.49. The Bertz CT molecular complexity index is 1170. The molecule has 4 heterocycles. The van der Waals surface area contributed by atoms with Crippen molar-refractivity contribution in [1.82, 2.24) is 28.7 Å². The molecule has 0 aliphatic heterocycles. The minimum atomic E-state index is -2.71. The van der Waals surface area contributed by atoms with Crippen LogP contribution >= 0.6 is 0 Å². The molecule has 2 atom stereocenters. The molecule has 0 aromatic carbocycles. The standard InChI is InChI=1S/C20H19F3N6/c1-27-11-14(10-25-27)16-8-18-24-5-7-29(18)19(26-16)13-3-6-28(12-13)17(2-4-21)15-9-20(15,22)23/h3,5-8,10-12,15,17H,2,4,9H2,1H3/t15?,17-/m1/s1. The lowest BCUT2D eigenvalue weighted by Gasteiger charge is -2.17. The number of hydrogen-bond donors (Lipinski definition) is 0. The van der Waals surface area contributed by atoms with Crippen molar-refractivity contribution >= 4 is 5.65 Å². The zero-order valence-electron chi connectivity index (χ0n) is 15.7. The Morgan fingerprint density at radius 2 is 2.07 bits per heavy atom. The third-order valence-electron chi connectivity index (χ3n) is 5.49. The Kier molecular flexibility index (Phi) is 4.01. The fraction of sp³-hybridized carbons (Fsp3) is 0.350. The Labute approximate surface area is 164 Å². The second-order valence-electron chi connectivity index (χ2n) is 7.49. The van der Waals surface area contributed by atoms with Gasteiger partial charge in [0.05, 0.1) is 18.6 Å². The molecule has 1 aliphatic rings. The van der Waals surface area contributed by atoms with Crippen LogP contribution in [0.25, 0.3) is 28.3 Å². The van der Waals surface area contributed by atoms with Gasteiger partial charge in [-0.1, -0.05) is 0 Å². The molecule has 0 bridgehead atoms. The summed E-state index contributed by atoms with van der Waals surface area (Å²) in [6.45, 7) is -0.634. The molecule has 0 amide bonds. The zero-order chi connectivity index (χ0) is 20.2. The van der Waals surface area contributed by atoms with Gasteiger partial charge >= 0.3 is 0 Å². The number of imidazole rings is 1. The lowest BCUT2D eigenvalue weighted by molar-refractivity contribution is 0.0836. The first-order chi connectivity index (χ1) is 14.0. The summed E-state index contributed by atoms with van der Waals surface area (Å²) in [7, 11) is 1.83. The summed E-state index contributed by atoms with van der Waals surface area (Å²) in [6.07, 6.45) is 10.4. The third kappa shape index (κ3) is 3.10. The van der Waals surface area contributed by atoms with Crippen LogP contribution in [0.15, 0.2) is 49.3 Å². The molecule has 1 fully saturated rings. The van der Waals surface area contributed by atoms with Crippen molar-refractivity contribution in [3.8, 4) is 22.6 Å². The zero-order valence-corrected chi connectivity index (χ0v) is 15.7. The Hall–Kier alpha value is -3.10. The molecule has 29 heavy (non-hydrogen) atoms. The number of halogens is 3. The van der Waals surface area contributed by atoms with Crippen molar-refractivity contribution in [2.45, 2.75) is 24.8 Å². The first-order valence-electron chi connectivity index (χ1n) is 9.41. The number of aromatic nitrogens is 6. The van der Waals surface area contributed by atoms with Gasteiger partial charge in [0, 0.05) is 73.6 Å². The summed E-state index contributed by atoms with van der Waals surface area (Å²) in [5.41, 5.74) is 3.04. The van der Waals surface area contributed by atoms with Gasteiger partial charge in [-0.05, 0) is 12.5 Å². The van der Waals surface area contributed by atoms with Crippen molar-refractivity contribution in [1.29, 1.82) is 0 Å². The number of nitrogens with zero attached hydrogens (tertiary/aromatic N) is 6. The predicted octanol–water partition coefficient (Wildman–Crippen LogP) is 4.15. The first kappa shape index (κ1) is 18.0. The van der Waals surface area contributed by atoms with E-state index in [9.17, 15) is 13.2 Å². The summed E-state index contributed by atoms with van der Waals surface area (Å²) >= 11 is 0. The van der Waals surface area contributed by atoms with Crippen molar-refractivity contribution in [3.05, 3.63) is 49.3 Å². The SMILES string of the molecule is Cn1cc(-c2cc3nccn3c(-c3ccn([C@H](CCF)C4CC4(F)F)c3)n2)cn1. The van der Waals surface area contributed by atoms with Crippen molar-refractivity contribution in [2.75, 3.05) is 6.67 Å². The monoisotopic (exact) mass is 400 g/mol. The first-order valence-corrected chi connectivity index (χ1v) is 9.41. The van der Waals surface area contributed by atoms with Gasteiger partial charge in [-0.2, -0.15) is 5.10 Å². The minimum absolute atomic E-state index is 0.0675.